The van der Waals surface area contributed by atoms with Crippen molar-refractivity contribution in [2.45, 2.75) is 63.0 Å². The maximum atomic E-state index is 12.3. The van der Waals surface area contributed by atoms with Crippen LogP contribution in [-0.2, 0) is 9.53 Å². The molecule has 6 aliphatic rings. The topological polar surface area (TPSA) is 103 Å². The van der Waals surface area contributed by atoms with Crippen LogP contribution in [0.4, 0.5) is 11.5 Å². The van der Waals surface area contributed by atoms with Crippen molar-refractivity contribution in [1.29, 1.82) is 0 Å². The first kappa shape index (κ1) is 30.6. The average Bonchev–Trinajstić information content (AvgIpc) is 3.85. The molecule has 7 heterocycles. The highest BCUT2D eigenvalue weighted by molar-refractivity contribution is 6.12. The van der Waals surface area contributed by atoms with Crippen molar-refractivity contribution in [3.05, 3.63) is 48.2 Å². The second-order valence-electron chi connectivity index (χ2n) is 15.6. The lowest BCUT2D eigenvalue weighted by Crippen LogP contribution is -2.61. The molecule has 50 heavy (non-hydrogen) atoms. The minimum atomic E-state index is 0.0436. The van der Waals surface area contributed by atoms with E-state index in [1.165, 1.54) is 52.2 Å². The first-order valence-corrected chi connectivity index (χ1v) is 18.7. The van der Waals surface area contributed by atoms with Crippen LogP contribution >= 0.6 is 0 Å². The van der Waals surface area contributed by atoms with E-state index in [0.717, 1.165) is 113 Å². The number of hydrogen-bond donors (Lipinski definition) is 1. The van der Waals surface area contributed by atoms with Gasteiger partial charge in [-0.25, -0.2) is 0 Å². The number of ether oxygens (including phenoxy) is 2. The number of benzene rings is 2. The van der Waals surface area contributed by atoms with E-state index < -0.39 is 0 Å². The number of methoxy groups -OCH3 is 1. The molecule has 1 atom stereocenters. The number of hydrogen-bond acceptors (Lipinski definition) is 9. The molecule has 260 valence electrons. The number of fused-ring (bicyclic) bond motifs is 10. The Kier molecular flexibility index (Phi) is 7.14. The number of H-pyrrole nitrogens is 1. The largest absolute Gasteiger partial charge is 0.460 e. The van der Waals surface area contributed by atoms with Crippen molar-refractivity contribution in [2.24, 2.45) is 5.41 Å². The molecule has 4 aromatic rings. The zero-order valence-corrected chi connectivity index (χ0v) is 29.0. The van der Waals surface area contributed by atoms with Crippen molar-refractivity contribution in [1.82, 2.24) is 30.0 Å². The van der Waals surface area contributed by atoms with Gasteiger partial charge in [-0.2, -0.15) is 15.1 Å². The fourth-order valence-corrected chi connectivity index (χ4v) is 9.53. The highest BCUT2D eigenvalue weighted by Gasteiger charge is 2.47. The van der Waals surface area contributed by atoms with Crippen LogP contribution in [0.15, 0.2) is 37.1 Å². The third-order valence-electron chi connectivity index (χ3n) is 12.6. The predicted octanol–water partition coefficient (Wildman–Crippen LogP) is 5.42. The summed E-state index contributed by atoms with van der Waals surface area (Å²) in [6.07, 6.45) is 11.1. The number of rotatable bonds is 8. The van der Waals surface area contributed by atoms with Gasteiger partial charge in [0.25, 0.3) is 0 Å². The molecule has 4 saturated heterocycles. The molecule has 5 fully saturated rings. The van der Waals surface area contributed by atoms with Gasteiger partial charge in [0, 0.05) is 86.8 Å². The summed E-state index contributed by atoms with van der Waals surface area (Å²) in [6.45, 7) is 11.8. The summed E-state index contributed by atoms with van der Waals surface area (Å²) in [5.74, 6) is 1.59. The van der Waals surface area contributed by atoms with Gasteiger partial charge in [-0.1, -0.05) is 12.6 Å². The maximum absolute atomic E-state index is 12.3. The number of carbonyl (C=O) groups excluding carboxylic acids is 1. The molecule has 0 radical (unpaired) electrons. The lowest BCUT2D eigenvalue weighted by Gasteiger charge is -2.54. The predicted molar refractivity (Wildman–Crippen MR) is 194 cm³/mol. The molecule has 1 aliphatic carbocycles. The summed E-state index contributed by atoms with van der Waals surface area (Å²) in [5, 5.41) is 10.1. The Morgan fingerprint density at radius 1 is 1.00 bits per heavy atom. The summed E-state index contributed by atoms with van der Waals surface area (Å²) in [7, 11) is 1.77. The van der Waals surface area contributed by atoms with Crippen LogP contribution in [0.25, 0.3) is 32.9 Å². The Morgan fingerprint density at radius 2 is 1.82 bits per heavy atom. The van der Waals surface area contributed by atoms with E-state index >= 15 is 0 Å². The number of piperidine rings is 2. The molecule has 1 amide bonds. The molecular weight excluding hydrogens is 628 g/mol. The molecule has 11 heteroatoms. The Balaban J connectivity index is 1.08. The fourth-order valence-electron chi connectivity index (χ4n) is 9.53. The molecule has 1 unspecified atom stereocenters. The minimum absolute atomic E-state index is 0.0436. The standard InChI is InChI=1S/C39H46N8O3/c1-3-32(48)46-22-39(23-46)11-16-45(17-12-39)37-28-20-27(24-4-5-24)34-33-26(6-7-30-29(33)21-40-43-30)31-10-15-47(31)36(34)35(28)41-38(42-37)50-25-8-13-44(14-9-25)18-19-49-2/h3,6-7,20-21,24-25,31H,1,4-5,8-19,22-23H2,2H3,(H,40,43). The average molecular weight is 675 g/mol. The monoisotopic (exact) mass is 674 g/mol. The molecule has 5 aliphatic heterocycles. The Morgan fingerprint density at radius 3 is 2.54 bits per heavy atom. The maximum Gasteiger partial charge on any atom is 0.319 e. The summed E-state index contributed by atoms with van der Waals surface area (Å²) in [6, 6.07) is 7.80. The van der Waals surface area contributed by atoms with Gasteiger partial charge in [0.1, 0.15) is 17.4 Å². The molecule has 0 bridgehead atoms. The van der Waals surface area contributed by atoms with Crippen LogP contribution < -0.4 is 14.5 Å². The lowest BCUT2D eigenvalue weighted by molar-refractivity contribution is -0.139. The van der Waals surface area contributed by atoms with Crippen molar-refractivity contribution in [3.63, 3.8) is 0 Å². The minimum Gasteiger partial charge on any atom is -0.460 e. The van der Waals surface area contributed by atoms with E-state index in [0.29, 0.717) is 18.0 Å². The van der Waals surface area contributed by atoms with Gasteiger partial charge >= 0.3 is 6.01 Å². The van der Waals surface area contributed by atoms with Crippen molar-refractivity contribution in [2.75, 3.05) is 75.9 Å². The van der Waals surface area contributed by atoms with Gasteiger partial charge < -0.3 is 29.1 Å². The van der Waals surface area contributed by atoms with Gasteiger partial charge in [-0.15, -0.1) is 0 Å². The number of amides is 1. The number of aromatic amines is 1. The van der Waals surface area contributed by atoms with Crippen LogP contribution in [-0.4, -0.2) is 108 Å². The quantitative estimate of drug-likeness (QED) is 0.246. The molecule has 1 spiro atoms. The Bertz CT molecular complexity index is 2000. The third-order valence-corrected chi connectivity index (χ3v) is 12.6. The lowest BCUT2D eigenvalue weighted by atomic mass is 9.72. The van der Waals surface area contributed by atoms with Crippen LogP contribution in [0.1, 0.15) is 68.0 Å². The number of likely N-dealkylation sites (tertiary alicyclic amines) is 2. The van der Waals surface area contributed by atoms with Crippen LogP contribution in [0.3, 0.4) is 0 Å². The highest BCUT2D eigenvalue weighted by Crippen LogP contribution is 2.59. The molecule has 2 aromatic heterocycles. The number of anilines is 2. The zero-order valence-electron chi connectivity index (χ0n) is 29.0. The SMILES string of the molecule is C=CC(=O)N1CC2(CCN(c3nc(OC4CCN(CCOC)CC4)nc4c5c(c(C6CC6)cc34)-c3c(ccc4[nH]ncc34)C3CCN53)CC2)C1. The first-order chi connectivity index (χ1) is 24.5. The summed E-state index contributed by atoms with van der Waals surface area (Å²) in [4.78, 5) is 32.4. The van der Waals surface area contributed by atoms with Gasteiger partial charge in [0.2, 0.25) is 5.91 Å². The molecular formula is C39H46N8O3. The van der Waals surface area contributed by atoms with E-state index in [4.69, 9.17) is 19.4 Å². The number of aromatic nitrogens is 4. The van der Waals surface area contributed by atoms with E-state index in [2.05, 4.69) is 49.7 Å². The summed E-state index contributed by atoms with van der Waals surface area (Å²) in [5.41, 5.74) is 9.08. The third kappa shape index (κ3) is 4.83. The first-order valence-electron chi connectivity index (χ1n) is 18.7. The van der Waals surface area contributed by atoms with E-state index in [1.54, 1.807) is 7.11 Å². The summed E-state index contributed by atoms with van der Waals surface area (Å²) >= 11 is 0. The molecule has 1 N–H and O–H groups in total. The zero-order chi connectivity index (χ0) is 33.6. The van der Waals surface area contributed by atoms with Crippen molar-refractivity contribution in [3.8, 4) is 17.1 Å². The van der Waals surface area contributed by atoms with Crippen LogP contribution in [0, 0.1) is 5.41 Å². The van der Waals surface area contributed by atoms with Crippen LogP contribution in [0.5, 0.6) is 6.01 Å². The Labute approximate surface area is 292 Å². The summed E-state index contributed by atoms with van der Waals surface area (Å²) < 4.78 is 12.1. The fraction of sp³-hybridized carbons (Fsp3) is 0.538. The molecule has 1 saturated carbocycles. The van der Waals surface area contributed by atoms with Crippen LogP contribution in [0.2, 0.25) is 0 Å². The van der Waals surface area contributed by atoms with Gasteiger partial charge in [-0.3, -0.25) is 9.89 Å². The molecule has 11 nitrogen and oxygen atoms in total. The van der Waals surface area contributed by atoms with E-state index in [9.17, 15) is 4.79 Å². The molecule has 10 rings (SSSR count). The van der Waals surface area contributed by atoms with Gasteiger partial charge in [0.05, 0.1) is 30.0 Å². The van der Waals surface area contributed by atoms with E-state index in [1.807, 2.05) is 11.1 Å². The van der Waals surface area contributed by atoms with Gasteiger partial charge in [-0.05, 0) is 80.2 Å². The highest BCUT2D eigenvalue weighted by atomic mass is 16.5. The Hall–Kier alpha value is -4.22. The second kappa shape index (κ2) is 11.7. The van der Waals surface area contributed by atoms with Gasteiger partial charge in [0.15, 0.2) is 0 Å². The van der Waals surface area contributed by atoms with Crippen molar-refractivity contribution < 1.29 is 14.3 Å². The van der Waals surface area contributed by atoms with Crippen molar-refractivity contribution >= 4 is 39.2 Å². The normalized spacial score (nSPS) is 23.0. The molecule has 2 aromatic carbocycles. The second-order valence-corrected chi connectivity index (χ2v) is 15.6. The number of nitrogens with one attached hydrogen (secondary N) is 1. The van der Waals surface area contributed by atoms with E-state index in [-0.39, 0.29) is 17.4 Å². The number of nitrogens with zero attached hydrogens (tertiary/aromatic N) is 7. The smallest absolute Gasteiger partial charge is 0.319 e. The number of carbonyl (C=O) groups is 1.